The van der Waals surface area contributed by atoms with Gasteiger partial charge in [-0.1, -0.05) is 16.9 Å². The summed E-state index contributed by atoms with van der Waals surface area (Å²) in [4.78, 5) is 86.2. The molecule has 456 valence electrons. The summed E-state index contributed by atoms with van der Waals surface area (Å²) in [7, 11) is 2.74. The SMILES string of the molecule is C#CCOCCOCCOCCOCCCC(=O)CCCOc1cc([N+](=O)[O-])c(C(C)O)cc1OC.C#CCOCCOCCOCCOCCCC(=O)CCCOc1cc([N+](=O)[O-])c(C(C)OC(=O)ON2C(=O)CCC2=O)cc1OC. The highest BCUT2D eigenvalue weighted by atomic mass is 16.8. The molecule has 82 heavy (non-hydrogen) atoms. The van der Waals surface area contributed by atoms with E-state index >= 15 is 0 Å². The highest BCUT2D eigenvalue weighted by Gasteiger charge is 2.35. The number of terminal acetylenes is 2. The lowest BCUT2D eigenvalue weighted by molar-refractivity contribution is -0.386. The summed E-state index contributed by atoms with van der Waals surface area (Å²) in [5.74, 6) is 4.11. The van der Waals surface area contributed by atoms with E-state index in [1.807, 2.05) is 0 Å². The molecule has 2 aromatic carbocycles. The number of hydrogen-bond acceptors (Lipinski definition) is 24. The van der Waals surface area contributed by atoms with Gasteiger partial charge in [-0.2, -0.15) is 0 Å². The second-order valence-corrected chi connectivity index (χ2v) is 17.4. The molecule has 27 heteroatoms. The van der Waals surface area contributed by atoms with Gasteiger partial charge in [-0.05, 0) is 51.7 Å². The van der Waals surface area contributed by atoms with Gasteiger partial charge in [0.2, 0.25) is 0 Å². The second-order valence-electron chi connectivity index (χ2n) is 17.4. The van der Waals surface area contributed by atoms with Crippen molar-refractivity contribution < 1.29 is 105 Å². The third kappa shape index (κ3) is 30.1. The van der Waals surface area contributed by atoms with Gasteiger partial charge < -0.3 is 66.7 Å². The summed E-state index contributed by atoms with van der Waals surface area (Å²) in [6, 6.07) is 5.03. The summed E-state index contributed by atoms with van der Waals surface area (Å²) in [6.45, 7) is 9.78. The standard InChI is InChI=1S/C30H40N2O14.C25H37NO10/c1-4-11-40-14-16-42-18-19-43-17-15-41-12-5-7-23(33)8-6-13-44-27-21-25(32(37)38)24(20-26(27)39-3)22(2)45-30(36)46-31-28(34)9-10-29(31)35;1-4-9-32-12-14-34-16-17-35-15-13-33-10-5-7-21(28)8-6-11-36-25-19-23(26(29)30)22(20(2)27)18-24(25)31-3/h1,20-22H,5-19H2,2-3H3;1,18-20,27H,5-17H2,2-3H3. The minimum absolute atomic E-state index is 0.0234. The van der Waals surface area contributed by atoms with Crippen LogP contribution in [0.15, 0.2) is 24.3 Å². The molecule has 2 atom stereocenters. The molecular formula is C55H77N3O24. The predicted molar refractivity (Wildman–Crippen MR) is 289 cm³/mol. The maximum Gasteiger partial charge on any atom is 0.534 e. The third-order valence-corrected chi connectivity index (χ3v) is 11.2. The Morgan fingerprint density at radius 1 is 0.549 bits per heavy atom. The van der Waals surface area contributed by atoms with E-state index in [9.17, 15) is 49.3 Å². The van der Waals surface area contributed by atoms with Gasteiger partial charge in [0.25, 0.3) is 23.2 Å². The molecule has 2 unspecified atom stereocenters. The number of Topliss-reactive ketones (excluding diaryl/α,β-unsaturated/α-hetero) is 2. The van der Waals surface area contributed by atoms with E-state index in [-0.39, 0.29) is 97.1 Å². The van der Waals surface area contributed by atoms with Gasteiger partial charge in [-0.25, -0.2) is 4.79 Å². The molecule has 1 aliphatic heterocycles. The number of benzene rings is 2. The van der Waals surface area contributed by atoms with Gasteiger partial charge in [0.05, 0.1) is 146 Å². The Hall–Kier alpha value is -7.05. The van der Waals surface area contributed by atoms with Crippen molar-refractivity contribution in [3.63, 3.8) is 0 Å². The second kappa shape index (κ2) is 43.7. The number of aliphatic hydroxyl groups excluding tert-OH is 1. The number of aliphatic hydroxyl groups is 1. The quantitative estimate of drug-likeness (QED) is 0.0200. The number of rotatable bonds is 46. The van der Waals surface area contributed by atoms with E-state index in [0.717, 1.165) is 6.07 Å². The molecule has 3 rings (SSSR count). The topological polar surface area (TPSA) is 324 Å². The normalized spacial score (nSPS) is 12.5. The fourth-order valence-corrected chi connectivity index (χ4v) is 7.09. The smallest absolute Gasteiger partial charge is 0.493 e. The predicted octanol–water partition coefficient (Wildman–Crippen LogP) is 5.95. The van der Waals surface area contributed by atoms with Crippen LogP contribution in [-0.4, -0.2) is 183 Å². The third-order valence-electron chi connectivity index (χ3n) is 11.2. The van der Waals surface area contributed by atoms with Gasteiger partial charge in [0.1, 0.15) is 30.9 Å². The zero-order chi connectivity index (χ0) is 60.3. The average molecular weight is 1160 g/mol. The van der Waals surface area contributed by atoms with Crippen molar-refractivity contribution in [3.05, 3.63) is 55.6 Å². The largest absolute Gasteiger partial charge is 0.534 e. The van der Waals surface area contributed by atoms with E-state index in [0.29, 0.717) is 143 Å². The fraction of sp³-hybridized carbons (Fsp3) is 0.618. The summed E-state index contributed by atoms with van der Waals surface area (Å²) in [5.41, 5.74) is -0.582. The molecule has 2 aromatic rings. The number of ketones is 2. The molecule has 1 heterocycles. The number of methoxy groups -OCH3 is 2. The number of imide groups is 1. The number of nitro benzene ring substituents is 2. The first-order chi connectivity index (χ1) is 39.6. The van der Waals surface area contributed by atoms with Crippen molar-refractivity contribution in [3.8, 4) is 47.7 Å². The Labute approximate surface area is 476 Å². The van der Waals surface area contributed by atoms with Crippen molar-refractivity contribution in [2.45, 2.75) is 90.3 Å². The van der Waals surface area contributed by atoms with Gasteiger partial charge >= 0.3 is 6.16 Å². The molecule has 0 aromatic heterocycles. The number of carbonyl (C=O) groups is 5. The Morgan fingerprint density at radius 3 is 1.24 bits per heavy atom. The van der Waals surface area contributed by atoms with Crippen LogP contribution in [0.5, 0.6) is 23.0 Å². The molecule has 1 saturated heterocycles. The number of hydroxylamine groups is 2. The van der Waals surface area contributed by atoms with E-state index in [1.54, 1.807) is 0 Å². The number of ether oxygens (including phenoxy) is 13. The number of nitro groups is 2. The molecule has 2 amide bonds. The van der Waals surface area contributed by atoms with Crippen LogP contribution in [-0.2, 0) is 66.6 Å². The molecule has 0 saturated carbocycles. The van der Waals surface area contributed by atoms with Crippen molar-refractivity contribution in [2.24, 2.45) is 0 Å². The van der Waals surface area contributed by atoms with E-state index in [1.165, 1.54) is 46.3 Å². The summed E-state index contributed by atoms with van der Waals surface area (Å²) < 4.78 is 69.3. The molecule has 0 radical (unpaired) electrons. The van der Waals surface area contributed by atoms with E-state index in [4.69, 9.17) is 74.4 Å². The lowest BCUT2D eigenvalue weighted by Gasteiger charge is -2.18. The molecule has 0 aliphatic carbocycles. The van der Waals surface area contributed by atoms with Crippen LogP contribution in [0.1, 0.15) is 101 Å². The number of hydrogen-bond donors (Lipinski definition) is 1. The van der Waals surface area contributed by atoms with E-state index < -0.39 is 45.7 Å². The first-order valence-corrected chi connectivity index (χ1v) is 26.5. The Bertz CT molecular complexity index is 2340. The monoisotopic (exact) mass is 1160 g/mol. The first-order valence-electron chi connectivity index (χ1n) is 26.5. The molecule has 27 nitrogen and oxygen atoms in total. The molecule has 0 spiro atoms. The zero-order valence-electron chi connectivity index (χ0n) is 47.1. The zero-order valence-corrected chi connectivity index (χ0v) is 47.1. The minimum atomic E-state index is -1.38. The van der Waals surface area contributed by atoms with Gasteiger partial charge in [-0.3, -0.25) is 44.2 Å². The van der Waals surface area contributed by atoms with Crippen LogP contribution < -0.4 is 18.9 Å². The lowest BCUT2D eigenvalue weighted by Crippen LogP contribution is -2.32. The highest BCUT2D eigenvalue weighted by Crippen LogP contribution is 2.40. The Balaban J connectivity index is 0.000000578. The fourth-order valence-electron chi connectivity index (χ4n) is 7.09. The number of nitrogens with zero attached hydrogens (tertiary/aromatic N) is 3. The molecular weight excluding hydrogens is 1090 g/mol. The molecule has 1 N–H and O–H groups in total. The van der Waals surface area contributed by atoms with E-state index in [2.05, 4.69) is 16.7 Å². The van der Waals surface area contributed by atoms with Gasteiger partial charge in [0.15, 0.2) is 23.0 Å². The van der Waals surface area contributed by atoms with Crippen LogP contribution in [0, 0.1) is 44.9 Å². The number of carbonyl (C=O) groups excluding carboxylic acids is 5. The Kier molecular flexibility index (Phi) is 37.8. The van der Waals surface area contributed by atoms with Gasteiger partial charge in [0, 0.05) is 51.7 Å². The molecule has 0 bridgehead atoms. The first kappa shape index (κ1) is 71.1. The van der Waals surface area contributed by atoms with Crippen LogP contribution in [0.2, 0.25) is 0 Å². The highest BCUT2D eigenvalue weighted by molar-refractivity contribution is 6.01. The van der Waals surface area contributed by atoms with Crippen molar-refractivity contribution >= 4 is 40.9 Å². The minimum Gasteiger partial charge on any atom is -0.493 e. The molecule has 1 fully saturated rings. The molecule has 1 aliphatic rings. The van der Waals surface area contributed by atoms with Crippen LogP contribution in [0.25, 0.3) is 0 Å². The maximum atomic E-state index is 12.2. The summed E-state index contributed by atoms with van der Waals surface area (Å²) in [6.07, 6.45) is 9.60. The summed E-state index contributed by atoms with van der Waals surface area (Å²) in [5, 5.41) is 33.2. The van der Waals surface area contributed by atoms with Crippen LogP contribution in [0.4, 0.5) is 16.2 Å². The van der Waals surface area contributed by atoms with Crippen molar-refractivity contribution in [1.82, 2.24) is 5.06 Å². The maximum absolute atomic E-state index is 12.2. The summed E-state index contributed by atoms with van der Waals surface area (Å²) >= 11 is 0. The lowest BCUT2D eigenvalue weighted by atomic mass is 10.1. The van der Waals surface area contributed by atoms with Crippen molar-refractivity contribution in [2.75, 3.05) is 133 Å². The van der Waals surface area contributed by atoms with Gasteiger partial charge in [-0.15, -0.1) is 12.8 Å². The Morgan fingerprint density at radius 2 is 0.890 bits per heavy atom. The van der Waals surface area contributed by atoms with Crippen LogP contribution in [0.3, 0.4) is 0 Å². The van der Waals surface area contributed by atoms with Crippen molar-refractivity contribution in [1.29, 1.82) is 0 Å². The number of amides is 2. The average Bonchev–Trinajstić information content (AvgIpc) is 3.85. The van der Waals surface area contributed by atoms with Crippen LogP contribution >= 0.6 is 0 Å².